The lowest BCUT2D eigenvalue weighted by molar-refractivity contribution is -0.136. The summed E-state index contributed by atoms with van der Waals surface area (Å²) in [5.74, 6) is 1.25. The molecular weight excluding hydrogens is 242 g/mol. The van der Waals surface area contributed by atoms with Gasteiger partial charge in [0.1, 0.15) is 6.10 Å². The van der Waals surface area contributed by atoms with Gasteiger partial charge in [0, 0.05) is 6.54 Å². The summed E-state index contributed by atoms with van der Waals surface area (Å²) >= 11 is 1.72. The summed E-state index contributed by atoms with van der Waals surface area (Å²) in [7, 11) is 0. The van der Waals surface area contributed by atoms with E-state index in [0.29, 0.717) is 19.7 Å². The van der Waals surface area contributed by atoms with Gasteiger partial charge in [0.25, 0.3) is 0 Å². The highest BCUT2D eigenvalue weighted by atomic mass is 32.2. The first kappa shape index (κ1) is 12.5. The van der Waals surface area contributed by atoms with E-state index in [-0.39, 0.29) is 17.0 Å². The molecule has 0 aromatic rings. The zero-order chi connectivity index (χ0) is 12.3. The normalized spacial score (nSPS) is 30.6. The average Bonchev–Trinajstić information content (AvgIpc) is 2.91. The van der Waals surface area contributed by atoms with Crippen LogP contribution in [-0.4, -0.2) is 58.7 Å². The molecule has 0 radical (unpaired) electrons. The lowest BCUT2D eigenvalue weighted by Crippen LogP contribution is -2.52. The molecule has 2 fully saturated rings. The predicted molar refractivity (Wildman–Crippen MR) is 65.2 cm³/mol. The molecule has 0 aromatic carbocycles. The van der Waals surface area contributed by atoms with Crippen LogP contribution >= 0.6 is 11.8 Å². The van der Waals surface area contributed by atoms with Gasteiger partial charge in [-0.1, -0.05) is 5.16 Å². The molecule has 2 saturated heterocycles. The van der Waals surface area contributed by atoms with Crippen molar-refractivity contribution in [2.75, 3.05) is 25.4 Å². The summed E-state index contributed by atoms with van der Waals surface area (Å²) < 4.78 is 5.36. The molecule has 2 atom stereocenters. The fourth-order valence-electron chi connectivity index (χ4n) is 2.07. The number of hydrogen-bond acceptors (Lipinski definition) is 5. The quantitative estimate of drug-likeness (QED) is 0.312. The second kappa shape index (κ2) is 5.59. The average molecular weight is 259 g/mol. The number of amidine groups is 1. The first-order valence-corrected chi connectivity index (χ1v) is 6.76. The van der Waals surface area contributed by atoms with Crippen molar-refractivity contribution in [3.05, 3.63) is 0 Å². The molecule has 0 spiro atoms. The third kappa shape index (κ3) is 2.84. The molecule has 1 amide bonds. The van der Waals surface area contributed by atoms with Crippen LogP contribution in [-0.2, 0) is 9.53 Å². The predicted octanol–water partition coefficient (Wildman–Crippen LogP) is -0.144. The minimum absolute atomic E-state index is 0.0292. The zero-order valence-electron chi connectivity index (χ0n) is 9.54. The second-order valence-corrected chi connectivity index (χ2v) is 5.48. The smallest absolute Gasteiger partial charge is 0.235 e. The van der Waals surface area contributed by atoms with E-state index < -0.39 is 6.10 Å². The summed E-state index contributed by atoms with van der Waals surface area (Å²) in [5.41, 5.74) is 5.50. The van der Waals surface area contributed by atoms with Crippen molar-refractivity contribution >= 4 is 23.5 Å². The largest absolute Gasteiger partial charge is 0.409 e. The van der Waals surface area contributed by atoms with E-state index in [9.17, 15) is 4.79 Å². The van der Waals surface area contributed by atoms with Crippen molar-refractivity contribution in [3.8, 4) is 0 Å². The fraction of sp³-hybridized carbons (Fsp3) is 0.800. The fourth-order valence-corrected chi connectivity index (χ4v) is 3.31. The number of rotatable bonds is 2. The third-order valence-corrected chi connectivity index (χ3v) is 4.39. The number of amides is 1. The summed E-state index contributed by atoms with van der Waals surface area (Å²) in [6.07, 6.45) is 1.58. The van der Waals surface area contributed by atoms with E-state index in [4.69, 9.17) is 15.7 Å². The van der Waals surface area contributed by atoms with Crippen molar-refractivity contribution in [3.63, 3.8) is 0 Å². The monoisotopic (exact) mass is 259 g/mol. The van der Waals surface area contributed by atoms with Gasteiger partial charge < -0.3 is 20.6 Å². The van der Waals surface area contributed by atoms with E-state index in [1.807, 2.05) is 0 Å². The van der Waals surface area contributed by atoms with E-state index in [0.717, 1.165) is 18.6 Å². The third-order valence-electron chi connectivity index (χ3n) is 3.03. The van der Waals surface area contributed by atoms with E-state index in [2.05, 4.69) is 5.16 Å². The maximum absolute atomic E-state index is 12.2. The highest BCUT2D eigenvalue weighted by molar-refractivity contribution is 8.00. The topological polar surface area (TPSA) is 88.2 Å². The van der Waals surface area contributed by atoms with Gasteiger partial charge in [0.2, 0.25) is 5.91 Å². The first-order valence-electron chi connectivity index (χ1n) is 5.72. The lowest BCUT2D eigenvalue weighted by Gasteiger charge is -2.33. The number of carbonyl (C=O) groups is 1. The van der Waals surface area contributed by atoms with Gasteiger partial charge in [-0.15, -0.1) is 11.8 Å². The standard InChI is InChI=1S/C10H17N3O3S/c11-9(12-15)7-6-13(3-4-16-7)10(14)8-2-1-5-17-8/h7-8,15H,1-6H2,(H2,11,12). The van der Waals surface area contributed by atoms with E-state index in [1.165, 1.54) is 0 Å². The molecule has 2 rings (SSSR count). The number of hydrogen-bond donors (Lipinski definition) is 2. The molecule has 0 bridgehead atoms. The van der Waals surface area contributed by atoms with E-state index >= 15 is 0 Å². The van der Waals surface area contributed by atoms with Crippen LogP contribution in [0.5, 0.6) is 0 Å². The van der Waals surface area contributed by atoms with Crippen LogP contribution < -0.4 is 5.73 Å². The molecule has 96 valence electrons. The molecule has 2 aliphatic heterocycles. The van der Waals surface area contributed by atoms with Gasteiger partial charge in [0.15, 0.2) is 5.84 Å². The van der Waals surface area contributed by atoms with Crippen LogP contribution in [0.2, 0.25) is 0 Å². The highest BCUT2D eigenvalue weighted by Gasteiger charge is 2.32. The maximum atomic E-state index is 12.2. The van der Waals surface area contributed by atoms with Crippen molar-refractivity contribution in [2.24, 2.45) is 10.9 Å². The Bertz CT molecular complexity index is 318. The van der Waals surface area contributed by atoms with Gasteiger partial charge in [-0.3, -0.25) is 4.79 Å². The van der Waals surface area contributed by atoms with Crippen molar-refractivity contribution < 1.29 is 14.7 Å². The number of thioether (sulfide) groups is 1. The highest BCUT2D eigenvalue weighted by Crippen LogP contribution is 2.28. The Morgan fingerprint density at radius 3 is 3.06 bits per heavy atom. The summed E-state index contributed by atoms with van der Waals surface area (Å²) in [4.78, 5) is 13.9. The molecule has 6 nitrogen and oxygen atoms in total. The number of carbonyl (C=O) groups excluding carboxylic acids is 1. The minimum Gasteiger partial charge on any atom is -0.409 e. The van der Waals surface area contributed by atoms with Gasteiger partial charge in [-0.2, -0.15) is 0 Å². The van der Waals surface area contributed by atoms with E-state index in [1.54, 1.807) is 16.7 Å². The Hall–Kier alpha value is -0.950. The summed E-state index contributed by atoms with van der Waals surface area (Å²) in [5, 5.41) is 11.6. The van der Waals surface area contributed by atoms with Gasteiger partial charge in [-0.05, 0) is 18.6 Å². The molecule has 0 aromatic heterocycles. The molecule has 2 heterocycles. The molecule has 0 aliphatic carbocycles. The number of nitrogens with two attached hydrogens (primary N) is 1. The van der Waals surface area contributed by atoms with Crippen LogP contribution in [0.1, 0.15) is 12.8 Å². The van der Waals surface area contributed by atoms with Crippen LogP contribution in [0.25, 0.3) is 0 Å². The summed E-state index contributed by atoms with van der Waals surface area (Å²) in [6, 6.07) is 0. The van der Waals surface area contributed by atoms with Crippen molar-refractivity contribution in [2.45, 2.75) is 24.2 Å². The molecule has 7 heteroatoms. The Labute approximate surface area is 104 Å². The van der Waals surface area contributed by atoms with Crippen LogP contribution in [0, 0.1) is 0 Å². The molecular formula is C10H17N3O3S. The van der Waals surface area contributed by atoms with Crippen LogP contribution in [0.15, 0.2) is 5.16 Å². The summed E-state index contributed by atoms with van der Waals surface area (Å²) in [6.45, 7) is 1.40. The minimum atomic E-state index is -0.482. The Morgan fingerprint density at radius 1 is 1.59 bits per heavy atom. The lowest BCUT2D eigenvalue weighted by atomic mass is 10.2. The second-order valence-electron chi connectivity index (χ2n) is 4.17. The van der Waals surface area contributed by atoms with Crippen LogP contribution in [0.3, 0.4) is 0 Å². The Morgan fingerprint density at radius 2 is 2.41 bits per heavy atom. The molecule has 2 unspecified atom stereocenters. The Kier molecular flexibility index (Phi) is 4.11. The van der Waals surface area contributed by atoms with Gasteiger partial charge in [0.05, 0.1) is 18.4 Å². The van der Waals surface area contributed by atoms with Crippen molar-refractivity contribution in [1.29, 1.82) is 0 Å². The molecule has 17 heavy (non-hydrogen) atoms. The molecule has 2 aliphatic rings. The van der Waals surface area contributed by atoms with Gasteiger partial charge >= 0.3 is 0 Å². The number of ether oxygens (including phenoxy) is 1. The number of nitrogens with zero attached hydrogens (tertiary/aromatic N) is 2. The molecule has 0 saturated carbocycles. The number of oxime groups is 1. The first-order chi connectivity index (χ1) is 8.22. The number of morpholine rings is 1. The van der Waals surface area contributed by atoms with Gasteiger partial charge in [-0.25, -0.2) is 0 Å². The molecule has 3 N–H and O–H groups in total. The SMILES string of the molecule is N/C(=N\O)C1CN(C(=O)C2CCCS2)CCO1. The zero-order valence-corrected chi connectivity index (χ0v) is 10.4. The van der Waals surface area contributed by atoms with Crippen molar-refractivity contribution in [1.82, 2.24) is 4.90 Å². The maximum Gasteiger partial charge on any atom is 0.235 e. The Balaban J connectivity index is 1.94. The van der Waals surface area contributed by atoms with Crippen LogP contribution in [0.4, 0.5) is 0 Å².